The van der Waals surface area contributed by atoms with Crippen LogP contribution < -0.4 is 5.32 Å². The Balaban J connectivity index is 2.17. The van der Waals surface area contributed by atoms with Crippen molar-refractivity contribution in [1.29, 1.82) is 0 Å². The van der Waals surface area contributed by atoms with Gasteiger partial charge in [-0.3, -0.25) is 0 Å². The number of nitrogens with one attached hydrogen (secondary N) is 1. The third kappa shape index (κ3) is 2.46. The van der Waals surface area contributed by atoms with Crippen LogP contribution >= 0.6 is 0 Å². The predicted molar refractivity (Wildman–Crippen MR) is 63.1 cm³/mol. The van der Waals surface area contributed by atoms with E-state index >= 15 is 0 Å². The average Bonchev–Trinajstić information content (AvgIpc) is 2.66. The molecular weight excluding hydrogens is 200 g/mol. The number of benzene rings is 1. The minimum Gasteiger partial charge on any atom is -0.313 e. The summed E-state index contributed by atoms with van der Waals surface area (Å²) in [6.45, 7) is 3.67. The molecule has 2 rings (SSSR count). The first kappa shape index (κ1) is 10.8. The van der Waals surface area contributed by atoms with Crippen LogP contribution in [0.15, 0.2) is 30.6 Å². The molecule has 0 saturated heterocycles. The van der Waals surface area contributed by atoms with Crippen molar-refractivity contribution in [3.63, 3.8) is 0 Å². The Bertz CT molecular complexity index is 462. The maximum absolute atomic E-state index is 4.07. The van der Waals surface area contributed by atoms with Gasteiger partial charge in [-0.05, 0) is 19.5 Å². The molecule has 1 heterocycles. The maximum atomic E-state index is 4.07. The molecule has 0 aliphatic carbocycles. The Kier molecular flexibility index (Phi) is 3.31. The Morgan fingerprint density at radius 3 is 3.00 bits per heavy atom. The van der Waals surface area contributed by atoms with Crippen LogP contribution in [-0.2, 0) is 13.1 Å². The van der Waals surface area contributed by atoms with E-state index in [2.05, 4.69) is 51.3 Å². The van der Waals surface area contributed by atoms with Gasteiger partial charge in [0.1, 0.15) is 12.2 Å². The molecule has 4 nitrogen and oxygen atoms in total. The number of rotatable bonds is 4. The van der Waals surface area contributed by atoms with Crippen molar-refractivity contribution >= 4 is 0 Å². The fourth-order valence-electron chi connectivity index (χ4n) is 1.71. The lowest BCUT2D eigenvalue weighted by Crippen LogP contribution is -2.12. The van der Waals surface area contributed by atoms with Crippen LogP contribution in [0.4, 0.5) is 0 Å². The summed E-state index contributed by atoms with van der Waals surface area (Å²) in [6, 6.07) is 8.48. The van der Waals surface area contributed by atoms with Crippen molar-refractivity contribution in [1.82, 2.24) is 20.1 Å². The Labute approximate surface area is 95.3 Å². The number of aromatic nitrogens is 3. The van der Waals surface area contributed by atoms with Gasteiger partial charge in [0.2, 0.25) is 0 Å². The van der Waals surface area contributed by atoms with Gasteiger partial charge in [0.05, 0.1) is 13.1 Å². The molecule has 0 spiro atoms. The summed E-state index contributed by atoms with van der Waals surface area (Å²) in [4.78, 5) is 0. The van der Waals surface area contributed by atoms with E-state index in [9.17, 15) is 0 Å². The Morgan fingerprint density at radius 1 is 1.38 bits per heavy atom. The van der Waals surface area contributed by atoms with Gasteiger partial charge < -0.3 is 9.88 Å². The second kappa shape index (κ2) is 4.90. The van der Waals surface area contributed by atoms with Gasteiger partial charge in [-0.15, -0.1) is 10.2 Å². The molecule has 1 aromatic carbocycles. The van der Waals surface area contributed by atoms with Crippen LogP contribution in [0.3, 0.4) is 0 Å². The van der Waals surface area contributed by atoms with E-state index in [4.69, 9.17) is 0 Å². The molecule has 1 aromatic heterocycles. The first-order chi connectivity index (χ1) is 7.79. The first-order valence-electron chi connectivity index (χ1n) is 5.36. The zero-order chi connectivity index (χ0) is 11.4. The summed E-state index contributed by atoms with van der Waals surface area (Å²) in [5.41, 5.74) is 2.55. The fraction of sp³-hybridized carbons (Fsp3) is 0.333. The van der Waals surface area contributed by atoms with Gasteiger partial charge in [0.15, 0.2) is 0 Å². The third-order valence-electron chi connectivity index (χ3n) is 2.47. The van der Waals surface area contributed by atoms with E-state index in [0.717, 1.165) is 18.9 Å². The second-order valence-corrected chi connectivity index (χ2v) is 3.89. The molecule has 0 fully saturated rings. The van der Waals surface area contributed by atoms with Crippen LogP contribution in [0.1, 0.15) is 17.0 Å². The highest BCUT2D eigenvalue weighted by atomic mass is 15.3. The van der Waals surface area contributed by atoms with Crippen LogP contribution in [0.2, 0.25) is 0 Å². The van der Waals surface area contributed by atoms with Gasteiger partial charge in [-0.25, -0.2) is 0 Å². The van der Waals surface area contributed by atoms with E-state index in [1.165, 1.54) is 11.1 Å². The topological polar surface area (TPSA) is 42.7 Å². The van der Waals surface area contributed by atoms with Crippen LogP contribution in [-0.4, -0.2) is 21.8 Å². The summed E-state index contributed by atoms with van der Waals surface area (Å²) in [6.07, 6.45) is 1.77. The van der Waals surface area contributed by atoms with Crippen molar-refractivity contribution in [3.05, 3.63) is 47.5 Å². The first-order valence-corrected chi connectivity index (χ1v) is 5.36. The van der Waals surface area contributed by atoms with Crippen molar-refractivity contribution in [3.8, 4) is 0 Å². The highest BCUT2D eigenvalue weighted by Crippen LogP contribution is 2.07. The minimum atomic E-state index is 0.742. The lowest BCUT2D eigenvalue weighted by atomic mass is 10.1. The number of hydrogen-bond donors (Lipinski definition) is 1. The van der Waals surface area contributed by atoms with Gasteiger partial charge in [-0.1, -0.05) is 29.8 Å². The normalized spacial score (nSPS) is 10.6. The van der Waals surface area contributed by atoms with Crippen molar-refractivity contribution in [2.75, 3.05) is 7.05 Å². The summed E-state index contributed by atoms with van der Waals surface area (Å²) in [5.74, 6) is 0.962. The van der Waals surface area contributed by atoms with Gasteiger partial charge >= 0.3 is 0 Å². The van der Waals surface area contributed by atoms with Crippen molar-refractivity contribution in [2.24, 2.45) is 0 Å². The number of nitrogens with zero attached hydrogens (tertiary/aromatic N) is 3. The highest BCUT2D eigenvalue weighted by molar-refractivity contribution is 5.22. The lowest BCUT2D eigenvalue weighted by molar-refractivity contribution is 0.672. The SMILES string of the molecule is CNCc1nncn1Cc1cccc(C)c1. The maximum Gasteiger partial charge on any atom is 0.147 e. The molecule has 0 aliphatic heterocycles. The van der Waals surface area contributed by atoms with Crippen molar-refractivity contribution in [2.45, 2.75) is 20.0 Å². The quantitative estimate of drug-likeness (QED) is 0.839. The van der Waals surface area contributed by atoms with Crippen LogP contribution in [0, 0.1) is 6.92 Å². The summed E-state index contributed by atoms with van der Waals surface area (Å²) < 4.78 is 2.06. The molecule has 0 amide bonds. The second-order valence-electron chi connectivity index (χ2n) is 3.89. The highest BCUT2D eigenvalue weighted by Gasteiger charge is 2.03. The molecule has 84 valence electrons. The van der Waals surface area contributed by atoms with E-state index in [0.29, 0.717) is 0 Å². The number of aryl methyl sites for hydroxylation is 1. The smallest absolute Gasteiger partial charge is 0.147 e. The minimum absolute atomic E-state index is 0.742. The zero-order valence-corrected chi connectivity index (χ0v) is 9.64. The largest absolute Gasteiger partial charge is 0.313 e. The molecule has 1 N–H and O–H groups in total. The summed E-state index contributed by atoms with van der Waals surface area (Å²) >= 11 is 0. The molecule has 0 unspecified atom stereocenters. The lowest BCUT2D eigenvalue weighted by Gasteiger charge is -2.06. The Hall–Kier alpha value is -1.68. The van der Waals surface area contributed by atoms with Crippen molar-refractivity contribution < 1.29 is 0 Å². The van der Waals surface area contributed by atoms with Gasteiger partial charge in [-0.2, -0.15) is 0 Å². The number of hydrogen-bond acceptors (Lipinski definition) is 3. The zero-order valence-electron chi connectivity index (χ0n) is 9.64. The summed E-state index contributed by atoms with van der Waals surface area (Å²) in [5, 5.41) is 11.1. The molecule has 0 saturated carbocycles. The molecule has 4 heteroatoms. The predicted octanol–water partition coefficient (Wildman–Crippen LogP) is 1.35. The van der Waals surface area contributed by atoms with Crippen LogP contribution in [0.25, 0.3) is 0 Å². The summed E-state index contributed by atoms with van der Waals surface area (Å²) in [7, 11) is 1.91. The van der Waals surface area contributed by atoms with Gasteiger partial charge in [0, 0.05) is 0 Å². The molecule has 0 radical (unpaired) electrons. The molecule has 0 atom stereocenters. The third-order valence-corrected chi connectivity index (χ3v) is 2.47. The molecular formula is C12H16N4. The molecule has 0 bridgehead atoms. The van der Waals surface area contributed by atoms with Gasteiger partial charge in [0.25, 0.3) is 0 Å². The molecule has 16 heavy (non-hydrogen) atoms. The standard InChI is InChI=1S/C12H16N4/c1-10-4-3-5-11(6-10)8-16-9-14-15-12(16)7-13-2/h3-6,9,13H,7-8H2,1-2H3. The van der Waals surface area contributed by atoms with Crippen LogP contribution in [0.5, 0.6) is 0 Å². The molecule has 0 aliphatic rings. The average molecular weight is 216 g/mol. The van der Waals surface area contributed by atoms with E-state index < -0.39 is 0 Å². The fourth-order valence-corrected chi connectivity index (χ4v) is 1.71. The van der Waals surface area contributed by atoms with E-state index in [1.54, 1.807) is 6.33 Å². The van der Waals surface area contributed by atoms with E-state index in [1.807, 2.05) is 7.05 Å². The monoisotopic (exact) mass is 216 g/mol. The van der Waals surface area contributed by atoms with E-state index in [-0.39, 0.29) is 0 Å². The molecule has 2 aromatic rings. The Morgan fingerprint density at radius 2 is 2.25 bits per heavy atom.